The quantitative estimate of drug-likeness (QED) is 0.644. The van der Waals surface area contributed by atoms with E-state index in [2.05, 4.69) is 10.6 Å². The number of hydrogen-bond acceptors (Lipinski definition) is 3. The molecule has 1 unspecified atom stereocenters. The van der Waals surface area contributed by atoms with Gasteiger partial charge in [-0.25, -0.2) is 4.79 Å². The van der Waals surface area contributed by atoms with E-state index in [1.54, 1.807) is 18.2 Å². The van der Waals surface area contributed by atoms with Crippen LogP contribution in [0.1, 0.15) is 19.8 Å². The van der Waals surface area contributed by atoms with E-state index < -0.39 is 0 Å². The van der Waals surface area contributed by atoms with Crippen LogP contribution in [0, 0.1) is 0 Å². The summed E-state index contributed by atoms with van der Waals surface area (Å²) in [6.45, 7) is 2.82. The number of hydrogen-bond donors (Lipinski definition) is 3. The summed E-state index contributed by atoms with van der Waals surface area (Å²) in [6.07, 6.45) is 1.43. The summed E-state index contributed by atoms with van der Waals surface area (Å²) < 4.78 is 5.45. The van der Waals surface area contributed by atoms with Crippen molar-refractivity contribution < 1.29 is 14.6 Å². The third-order valence-corrected chi connectivity index (χ3v) is 2.86. The van der Waals surface area contributed by atoms with Gasteiger partial charge in [0.15, 0.2) is 0 Å². The van der Waals surface area contributed by atoms with Crippen molar-refractivity contribution in [3.8, 4) is 5.75 Å². The summed E-state index contributed by atoms with van der Waals surface area (Å²) in [5, 5.41) is 14.8. The molecule has 3 N–H and O–H groups in total. The molecule has 1 atom stereocenters. The molecule has 0 aromatic heterocycles. The second-order valence-corrected chi connectivity index (χ2v) is 4.91. The molecular weight excluding hydrogens is 280 g/mol. The van der Waals surface area contributed by atoms with Crippen LogP contribution >= 0.6 is 11.6 Å². The summed E-state index contributed by atoms with van der Waals surface area (Å²) in [5.41, 5.74) is 0. The van der Waals surface area contributed by atoms with E-state index in [1.165, 1.54) is 0 Å². The lowest BCUT2D eigenvalue weighted by Gasteiger charge is -2.14. The van der Waals surface area contributed by atoms with Crippen LogP contribution in [0.5, 0.6) is 5.75 Å². The second-order valence-electron chi connectivity index (χ2n) is 4.47. The molecule has 2 amide bonds. The van der Waals surface area contributed by atoms with Crippen LogP contribution in [0.3, 0.4) is 0 Å². The Morgan fingerprint density at radius 1 is 1.50 bits per heavy atom. The molecule has 20 heavy (non-hydrogen) atoms. The Balaban J connectivity index is 2.13. The predicted octanol–water partition coefficient (Wildman–Crippen LogP) is 2.18. The van der Waals surface area contributed by atoms with Gasteiger partial charge in [-0.3, -0.25) is 0 Å². The zero-order valence-corrected chi connectivity index (χ0v) is 12.3. The molecule has 0 aliphatic heterocycles. The van der Waals surface area contributed by atoms with Gasteiger partial charge in [0, 0.05) is 17.7 Å². The topological polar surface area (TPSA) is 70.6 Å². The minimum atomic E-state index is -0.231. The Bertz CT molecular complexity index is 415. The molecule has 0 radical (unpaired) electrons. The maximum Gasteiger partial charge on any atom is 0.315 e. The molecule has 1 aromatic carbocycles. The summed E-state index contributed by atoms with van der Waals surface area (Å²) in [4.78, 5) is 11.5. The van der Waals surface area contributed by atoms with Gasteiger partial charge in [-0.05, 0) is 38.0 Å². The van der Waals surface area contributed by atoms with E-state index >= 15 is 0 Å². The summed E-state index contributed by atoms with van der Waals surface area (Å²) >= 11 is 5.83. The van der Waals surface area contributed by atoms with Crippen molar-refractivity contribution in [1.29, 1.82) is 0 Å². The Morgan fingerprint density at radius 2 is 2.30 bits per heavy atom. The molecule has 0 saturated carbocycles. The standard InChI is InChI=1S/C14H21ClN2O3/c1-11(4-3-8-18)17-14(19)16-7-9-20-13-6-2-5-12(15)10-13/h2,5-6,10-11,18H,3-4,7-9H2,1H3,(H2,16,17,19). The van der Waals surface area contributed by atoms with Crippen LogP contribution in [-0.4, -0.2) is 36.9 Å². The molecule has 0 fully saturated rings. The molecule has 5 nitrogen and oxygen atoms in total. The number of ether oxygens (including phenoxy) is 1. The highest BCUT2D eigenvalue weighted by Crippen LogP contribution is 2.16. The van der Waals surface area contributed by atoms with E-state index in [-0.39, 0.29) is 18.7 Å². The monoisotopic (exact) mass is 300 g/mol. The first-order valence-corrected chi connectivity index (χ1v) is 7.03. The van der Waals surface area contributed by atoms with E-state index in [1.807, 2.05) is 13.0 Å². The Kier molecular flexibility index (Phi) is 7.84. The van der Waals surface area contributed by atoms with Gasteiger partial charge in [0.2, 0.25) is 0 Å². The lowest BCUT2D eigenvalue weighted by molar-refractivity contribution is 0.230. The van der Waals surface area contributed by atoms with E-state index in [0.717, 1.165) is 6.42 Å². The van der Waals surface area contributed by atoms with Crippen LogP contribution < -0.4 is 15.4 Å². The molecule has 6 heteroatoms. The van der Waals surface area contributed by atoms with Crippen LogP contribution in [0.4, 0.5) is 4.79 Å². The fourth-order valence-corrected chi connectivity index (χ4v) is 1.81. The van der Waals surface area contributed by atoms with Gasteiger partial charge in [-0.2, -0.15) is 0 Å². The highest BCUT2D eigenvalue weighted by molar-refractivity contribution is 6.30. The second kappa shape index (κ2) is 9.44. The highest BCUT2D eigenvalue weighted by Gasteiger charge is 2.05. The van der Waals surface area contributed by atoms with E-state index in [4.69, 9.17) is 21.4 Å². The number of benzene rings is 1. The molecule has 0 bridgehead atoms. The van der Waals surface area contributed by atoms with Crippen molar-refractivity contribution in [1.82, 2.24) is 10.6 Å². The van der Waals surface area contributed by atoms with Crippen molar-refractivity contribution in [2.45, 2.75) is 25.8 Å². The number of carbonyl (C=O) groups excluding carboxylic acids is 1. The van der Waals surface area contributed by atoms with Gasteiger partial charge in [-0.15, -0.1) is 0 Å². The SMILES string of the molecule is CC(CCCO)NC(=O)NCCOc1cccc(Cl)c1. The van der Waals surface area contributed by atoms with Gasteiger partial charge < -0.3 is 20.5 Å². The largest absolute Gasteiger partial charge is 0.492 e. The van der Waals surface area contributed by atoms with Gasteiger partial charge in [0.25, 0.3) is 0 Å². The van der Waals surface area contributed by atoms with Crippen molar-refractivity contribution >= 4 is 17.6 Å². The number of carbonyl (C=O) groups is 1. The number of nitrogens with one attached hydrogen (secondary N) is 2. The first kappa shape index (κ1) is 16.6. The number of aliphatic hydroxyl groups is 1. The highest BCUT2D eigenvalue weighted by atomic mass is 35.5. The lowest BCUT2D eigenvalue weighted by atomic mass is 10.2. The minimum absolute atomic E-state index is 0.0380. The fourth-order valence-electron chi connectivity index (χ4n) is 1.63. The molecule has 1 rings (SSSR count). The van der Waals surface area contributed by atoms with Crippen LogP contribution in [0.15, 0.2) is 24.3 Å². The molecule has 0 spiro atoms. The number of aliphatic hydroxyl groups excluding tert-OH is 1. The van der Waals surface area contributed by atoms with Gasteiger partial charge >= 0.3 is 6.03 Å². The summed E-state index contributed by atoms with van der Waals surface area (Å²) in [7, 11) is 0. The Hall–Kier alpha value is -1.46. The number of amides is 2. The van der Waals surface area contributed by atoms with E-state index in [9.17, 15) is 4.79 Å². The first-order valence-electron chi connectivity index (χ1n) is 6.65. The third-order valence-electron chi connectivity index (χ3n) is 2.63. The number of halogens is 1. The normalized spacial score (nSPS) is 11.8. The lowest BCUT2D eigenvalue weighted by Crippen LogP contribution is -2.42. The Labute approximate surface area is 124 Å². The first-order chi connectivity index (χ1) is 9.61. The minimum Gasteiger partial charge on any atom is -0.492 e. The van der Waals surface area contributed by atoms with E-state index in [0.29, 0.717) is 30.3 Å². The van der Waals surface area contributed by atoms with Crippen molar-refractivity contribution in [3.63, 3.8) is 0 Å². The molecule has 1 aromatic rings. The maximum absolute atomic E-state index is 11.5. The smallest absolute Gasteiger partial charge is 0.315 e. The average Bonchev–Trinajstić information content (AvgIpc) is 2.41. The number of urea groups is 1. The van der Waals surface area contributed by atoms with Gasteiger partial charge in [0.1, 0.15) is 12.4 Å². The fraction of sp³-hybridized carbons (Fsp3) is 0.500. The average molecular weight is 301 g/mol. The van der Waals surface area contributed by atoms with Crippen molar-refractivity contribution in [2.75, 3.05) is 19.8 Å². The molecular formula is C14H21ClN2O3. The molecule has 0 aliphatic carbocycles. The van der Waals surface area contributed by atoms with Crippen molar-refractivity contribution in [2.24, 2.45) is 0 Å². The maximum atomic E-state index is 11.5. The summed E-state index contributed by atoms with van der Waals surface area (Å²) in [5.74, 6) is 0.677. The third kappa shape index (κ3) is 7.21. The predicted molar refractivity (Wildman–Crippen MR) is 79.3 cm³/mol. The van der Waals surface area contributed by atoms with Crippen molar-refractivity contribution in [3.05, 3.63) is 29.3 Å². The zero-order valence-electron chi connectivity index (χ0n) is 11.6. The van der Waals surface area contributed by atoms with Gasteiger partial charge in [0.05, 0.1) is 6.54 Å². The number of rotatable bonds is 8. The van der Waals surface area contributed by atoms with Crippen LogP contribution in [-0.2, 0) is 0 Å². The molecule has 112 valence electrons. The molecule has 0 heterocycles. The summed E-state index contributed by atoms with van der Waals surface area (Å²) in [6, 6.07) is 6.91. The zero-order chi connectivity index (χ0) is 14.8. The van der Waals surface area contributed by atoms with Crippen LogP contribution in [0.25, 0.3) is 0 Å². The van der Waals surface area contributed by atoms with Crippen LogP contribution in [0.2, 0.25) is 5.02 Å². The van der Waals surface area contributed by atoms with Gasteiger partial charge in [-0.1, -0.05) is 17.7 Å². The Morgan fingerprint density at radius 3 is 3.00 bits per heavy atom. The molecule has 0 saturated heterocycles. The molecule has 0 aliphatic rings.